The summed E-state index contributed by atoms with van der Waals surface area (Å²) in [5.74, 6) is 0. The number of rotatable bonds is 5. The molecule has 0 aromatic heterocycles. The fourth-order valence-corrected chi connectivity index (χ4v) is 1.79. The van der Waals surface area contributed by atoms with E-state index in [4.69, 9.17) is 0 Å². The van der Waals surface area contributed by atoms with Gasteiger partial charge in [0.2, 0.25) is 0 Å². The van der Waals surface area contributed by atoms with E-state index in [-0.39, 0.29) is 0 Å². The molecule has 1 aromatic carbocycles. The molecule has 15 heavy (non-hydrogen) atoms. The molecule has 0 atom stereocenters. The average Bonchev–Trinajstić information content (AvgIpc) is 2.28. The zero-order chi connectivity index (χ0) is 11.3. The third-order valence-electron chi connectivity index (χ3n) is 2.80. The Labute approximate surface area is 99.8 Å². The van der Waals surface area contributed by atoms with Crippen LogP contribution in [0.3, 0.4) is 0 Å². The van der Waals surface area contributed by atoms with E-state index in [1.807, 2.05) is 38.1 Å². The lowest BCUT2D eigenvalue weighted by Gasteiger charge is -2.26. The topological polar surface area (TPSA) is 32.3 Å². The minimum atomic E-state index is -0.602. The number of hydrogen-bond donors (Lipinski definition) is 2. The molecule has 0 amide bonds. The molecule has 0 bridgehead atoms. The molecular weight excluding hydrogens is 254 g/mol. The van der Waals surface area contributed by atoms with Crippen LogP contribution in [0.5, 0.6) is 0 Å². The Morgan fingerprint density at radius 2 is 1.87 bits per heavy atom. The van der Waals surface area contributed by atoms with Gasteiger partial charge in [-0.05, 0) is 40.9 Å². The maximum Gasteiger partial charge on any atom is 0.0814 e. The number of hydrogen-bond acceptors (Lipinski definition) is 2. The molecule has 3 heteroatoms. The SMILES string of the molecule is CCC(O)(CC)CNc1ccccc1Br. The summed E-state index contributed by atoms with van der Waals surface area (Å²) in [5, 5.41) is 13.4. The summed E-state index contributed by atoms with van der Waals surface area (Å²) in [7, 11) is 0. The van der Waals surface area contributed by atoms with Crippen molar-refractivity contribution in [1.82, 2.24) is 0 Å². The molecule has 84 valence electrons. The van der Waals surface area contributed by atoms with Crippen LogP contribution < -0.4 is 5.32 Å². The zero-order valence-electron chi connectivity index (χ0n) is 9.26. The van der Waals surface area contributed by atoms with Gasteiger partial charge >= 0.3 is 0 Å². The van der Waals surface area contributed by atoms with E-state index in [0.717, 1.165) is 23.0 Å². The van der Waals surface area contributed by atoms with Crippen molar-refractivity contribution in [2.45, 2.75) is 32.3 Å². The first-order valence-corrected chi connectivity index (χ1v) is 6.11. The largest absolute Gasteiger partial charge is 0.388 e. The molecule has 0 saturated carbocycles. The normalized spacial score (nSPS) is 11.5. The highest BCUT2D eigenvalue weighted by Crippen LogP contribution is 2.23. The fourth-order valence-electron chi connectivity index (χ4n) is 1.36. The molecule has 0 spiro atoms. The second kappa shape index (κ2) is 5.52. The van der Waals surface area contributed by atoms with Gasteiger partial charge < -0.3 is 10.4 Å². The van der Waals surface area contributed by atoms with Crippen LogP contribution >= 0.6 is 15.9 Å². The smallest absolute Gasteiger partial charge is 0.0814 e. The van der Waals surface area contributed by atoms with Crippen LogP contribution in [-0.4, -0.2) is 17.3 Å². The Morgan fingerprint density at radius 3 is 2.40 bits per heavy atom. The third kappa shape index (κ3) is 3.50. The predicted octanol–water partition coefficient (Wildman–Crippen LogP) is 3.41. The zero-order valence-corrected chi connectivity index (χ0v) is 10.8. The summed E-state index contributed by atoms with van der Waals surface area (Å²) in [6.45, 7) is 4.60. The van der Waals surface area contributed by atoms with E-state index in [2.05, 4.69) is 21.2 Å². The van der Waals surface area contributed by atoms with Crippen LogP contribution in [-0.2, 0) is 0 Å². The molecule has 1 rings (SSSR count). The van der Waals surface area contributed by atoms with Crippen molar-refractivity contribution in [2.75, 3.05) is 11.9 Å². The monoisotopic (exact) mass is 271 g/mol. The van der Waals surface area contributed by atoms with Gasteiger partial charge in [0.15, 0.2) is 0 Å². The molecule has 0 radical (unpaired) electrons. The van der Waals surface area contributed by atoms with Gasteiger partial charge in [-0.25, -0.2) is 0 Å². The molecule has 0 aliphatic rings. The lowest BCUT2D eigenvalue weighted by Crippen LogP contribution is -2.35. The second-order valence-electron chi connectivity index (χ2n) is 3.76. The van der Waals surface area contributed by atoms with Crippen molar-refractivity contribution >= 4 is 21.6 Å². The van der Waals surface area contributed by atoms with Crippen LogP contribution in [0.15, 0.2) is 28.7 Å². The highest BCUT2D eigenvalue weighted by Gasteiger charge is 2.21. The molecule has 1 aromatic rings. The maximum atomic E-state index is 10.1. The fraction of sp³-hybridized carbons (Fsp3) is 0.500. The number of anilines is 1. The van der Waals surface area contributed by atoms with Crippen LogP contribution in [0.1, 0.15) is 26.7 Å². The van der Waals surface area contributed by atoms with Crippen LogP contribution in [0.25, 0.3) is 0 Å². The van der Waals surface area contributed by atoms with E-state index in [0.29, 0.717) is 6.54 Å². The third-order valence-corrected chi connectivity index (χ3v) is 3.49. The number of aliphatic hydroxyl groups is 1. The highest BCUT2D eigenvalue weighted by atomic mass is 79.9. The van der Waals surface area contributed by atoms with E-state index < -0.39 is 5.60 Å². The van der Waals surface area contributed by atoms with Gasteiger partial charge in [-0.1, -0.05) is 26.0 Å². The summed E-state index contributed by atoms with van der Waals surface area (Å²) < 4.78 is 1.03. The molecule has 0 unspecified atom stereocenters. The number of benzene rings is 1. The van der Waals surface area contributed by atoms with Crippen molar-refractivity contribution in [3.05, 3.63) is 28.7 Å². The molecule has 2 N–H and O–H groups in total. The molecule has 0 heterocycles. The van der Waals surface area contributed by atoms with E-state index >= 15 is 0 Å². The molecule has 0 aliphatic heterocycles. The Balaban J connectivity index is 2.61. The molecule has 0 saturated heterocycles. The van der Waals surface area contributed by atoms with Gasteiger partial charge in [0.05, 0.1) is 5.60 Å². The van der Waals surface area contributed by atoms with Crippen molar-refractivity contribution in [3.8, 4) is 0 Å². The summed E-state index contributed by atoms with van der Waals surface area (Å²) in [6.07, 6.45) is 1.53. The van der Waals surface area contributed by atoms with Gasteiger partial charge in [-0.2, -0.15) is 0 Å². The van der Waals surface area contributed by atoms with Gasteiger partial charge in [0, 0.05) is 16.7 Å². The number of nitrogens with one attached hydrogen (secondary N) is 1. The van der Waals surface area contributed by atoms with Crippen LogP contribution in [0.4, 0.5) is 5.69 Å². The summed E-state index contributed by atoms with van der Waals surface area (Å²) in [5.41, 5.74) is 0.424. The Bertz CT molecular complexity index is 310. The first kappa shape index (κ1) is 12.5. The van der Waals surface area contributed by atoms with E-state index in [9.17, 15) is 5.11 Å². The molecule has 0 fully saturated rings. The van der Waals surface area contributed by atoms with Gasteiger partial charge in [-0.15, -0.1) is 0 Å². The van der Waals surface area contributed by atoms with E-state index in [1.165, 1.54) is 0 Å². The van der Waals surface area contributed by atoms with Crippen molar-refractivity contribution in [3.63, 3.8) is 0 Å². The standard InChI is InChI=1S/C12H18BrNO/c1-3-12(15,4-2)9-14-11-8-6-5-7-10(11)13/h5-8,14-15H,3-4,9H2,1-2H3. The Hall–Kier alpha value is -0.540. The highest BCUT2D eigenvalue weighted by molar-refractivity contribution is 9.10. The minimum Gasteiger partial charge on any atom is -0.388 e. The van der Waals surface area contributed by atoms with Crippen LogP contribution in [0, 0.1) is 0 Å². The molecule has 2 nitrogen and oxygen atoms in total. The predicted molar refractivity (Wildman–Crippen MR) is 68.2 cm³/mol. The van der Waals surface area contributed by atoms with Crippen LogP contribution in [0.2, 0.25) is 0 Å². The summed E-state index contributed by atoms with van der Waals surface area (Å²) >= 11 is 3.46. The summed E-state index contributed by atoms with van der Waals surface area (Å²) in [4.78, 5) is 0. The first-order valence-electron chi connectivity index (χ1n) is 5.32. The molecular formula is C12H18BrNO. The Kier molecular flexibility index (Phi) is 4.61. The molecule has 0 aliphatic carbocycles. The van der Waals surface area contributed by atoms with Gasteiger partial charge in [0.1, 0.15) is 0 Å². The maximum absolute atomic E-state index is 10.1. The number of halogens is 1. The lowest BCUT2D eigenvalue weighted by molar-refractivity contribution is 0.0457. The average molecular weight is 272 g/mol. The lowest BCUT2D eigenvalue weighted by atomic mass is 9.97. The summed E-state index contributed by atoms with van der Waals surface area (Å²) in [6, 6.07) is 7.93. The minimum absolute atomic E-state index is 0.586. The Morgan fingerprint density at radius 1 is 1.27 bits per heavy atom. The first-order chi connectivity index (χ1) is 7.11. The van der Waals surface area contributed by atoms with Gasteiger partial charge in [-0.3, -0.25) is 0 Å². The van der Waals surface area contributed by atoms with Crippen molar-refractivity contribution < 1.29 is 5.11 Å². The quantitative estimate of drug-likeness (QED) is 0.860. The van der Waals surface area contributed by atoms with Gasteiger partial charge in [0.25, 0.3) is 0 Å². The number of para-hydroxylation sites is 1. The van der Waals surface area contributed by atoms with Crippen molar-refractivity contribution in [2.24, 2.45) is 0 Å². The van der Waals surface area contributed by atoms with E-state index in [1.54, 1.807) is 0 Å². The van der Waals surface area contributed by atoms with Crippen molar-refractivity contribution in [1.29, 1.82) is 0 Å². The second-order valence-corrected chi connectivity index (χ2v) is 4.62.